The van der Waals surface area contributed by atoms with Gasteiger partial charge in [0.2, 0.25) is 6.41 Å². The molecular formula is C8H19NO2Si. The lowest BCUT2D eigenvalue weighted by Crippen LogP contribution is -2.27. The second kappa shape index (κ2) is 5.32. The van der Waals surface area contributed by atoms with Gasteiger partial charge in [-0.05, 0) is 26.1 Å². The van der Waals surface area contributed by atoms with Crippen LogP contribution < -0.4 is 0 Å². The van der Waals surface area contributed by atoms with Crippen LogP contribution in [0.3, 0.4) is 0 Å². The highest BCUT2D eigenvalue weighted by Crippen LogP contribution is 2.02. The fraction of sp³-hybridized carbons (Fsp3) is 0.875. The molecule has 0 aromatic heterocycles. The molecule has 0 aliphatic carbocycles. The van der Waals surface area contributed by atoms with Crippen LogP contribution in [0.1, 0.15) is 6.42 Å². The van der Waals surface area contributed by atoms with Gasteiger partial charge in [-0.15, -0.1) is 0 Å². The maximum absolute atomic E-state index is 10.2. The van der Waals surface area contributed by atoms with Gasteiger partial charge in [0.25, 0.3) is 0 Å². The zero-order valence-electron chi connectivity index (χ0n) is 8.46. The van der Waals surface area contributed by atoms with Gasteiger partial charge in [0.1, 0.15) is 0 Å². The molecule has 0 aliphatic rings. The summed E-state index contributed by atoms with van der Waals surface area (Å²) in [7, 11) is 0.433. The Morgan fingerprint density at radius 3 is 2.42 bits per heavy atom. The topological polar surface area (TPSA) is 29.5 Å². The summed E-state index contributed by atoms with van der Waals surface area (Å²) in [5, 5.41) is 0. The standard InChI is InChI=1S/C8H19NO2Si/c1-9(8-10)6-5-7-11-12(2,3)4/h8H,5-7H2,1-4H3. The van der Waals surface area contributed by atoms with E-state index in [1.807, 2.05) is 0 Å². The summed E-state index contributed by atoms with van der Waals surface area (Å²) in [5.74, 6) is 0. The molecule has 0 saturated carbocycles. The van der Waals surface area contributed by atoms with E-state index in [1.165, 1.54) is 0 Å². The fourth-order valence-corrected chi connectivity index (χ4v) is 1.50. The number of hydrogen-bond acceptors (Lipinski definition) is 2. The van der Waals surface area contributed by atoms with E-state index in [1.54, 1.807) is 11.9 Å². The Morgan fingerprint density at radius 1 is 1.42 bits per heavy atom. The van der Waals surface area contributed by atoms with Gasteiger partial charge < -0.3 is 9.33 Å². The Kier molecular flexibility index (Phi) is 5.16. The minimum absolute atomic E-state index is 0.772. The van der Waals surface area contributed by atoms with Gasteiger partial charge >= 0.3 is 0 Å². The summed E-state index contributed by atoms with van der Waals surface area (Å²) in [6, 6.07) is 0. The molecule has 0 spiro atoms. The van der Waals surface area contributed by atoms with E-state index >= 15 is 0 Å². The molecule has 12 heavy (non-hydrogen) atoms. The third-order valence-electron chi connectivity index (χ3n) is 1.37. The largest absolute Gasteiger partial charge is 0.418 e. The van der Waals surface area contributed by atoms with Crippen molar-refractivity contribution in [2.24, 2.45) is 0 Å². The Balaban J connectivity index is 3.27. The van der Waals surface area contributed by atoms with Crippen molar-refractivity contribution in [3.63, 3.8) is 0 Å². The molecule has 0 N–H and O–H groups in total. The van der Waals surface area contributed by atoms with Crippen molar-refractivity contribution in [1.82, 2.24) is 4.90 Å². The van der Waals surface area contributed by atoms with Crippen LogP contribution in [0.4, 0.5) is 0 Å². The highest BCUT2D eigenvalue weighted by atomic mass is 28.4. The zero-order chi connectivity index (χ0) is 9.61. The van der Waals surface area contributed by atoms with Crippen molar-refractivity contribution in [2.45, 2.75) is 26.1 Å². The predicted molar refractivity (Wildman–Crippen MR) is 52.6 cm³/mol. The van der Waals surface area contributed by atoms with Gasteiger partial charge in [-0.25, -0.2) is 0 Å². The van der Waals surface area contributed by atoms with Gasteiger partial charge in [0.15, 0.2) is 8.32 Å². The maximum atomic E-state index is 10.2. The molecule has 0 bridgehead atoms. The van der Waals surface area contributed by atoms with Crippen molar-refractivity contribution in [3.05, 3.63) is 0 Å². The molecule has 3 nitrogen and oxygen atoms in total. The van der Waals surface area contributed by atoms with Gasteiger partial charge in [-0.1, -0.05) is 0 Å². The molecule has 0 aromatic carbocycles. The molecule has 0 atom stereocenters. The Bertz CT molecular complexity index is 134. The van der Waals surface area contributed by atoms with E-state index < -0.39 is 8.32 Å². The average molecular weight is 189 g/mol. The van der Waals surface area contributed by atoms with Crippen molar-refractivity contribution >= 4 is 14.7 Å². The fourth-order valence-electron chi connectivity index (χ4n) is 0.745. The minimum Gasteiger partial charge on any atom is -0.418 e. The lowest BCUT2D eigenvalue weighted by Gasteiger charge is -2.18. The molecule has 0 radical (unpaired) electrons. The van der Waals surface area contributed by atoms with E-state index in [4.69, 9.17) is 4.43 Å². The average Bonchev–Trinajstić information content (AvgIpc) is 1.96. The van der Waals surface area contributed by atoms with Crippen molar-refractivity contribution in [1.29, 1.82) is 0 Å². The number of amides is 1. The zero-order valence-corrected chi connectivity index (χ0v) is 9.46. The molecule has 4 heteroatoms. The third kappa shape index (κ3) is 7.75. The highest BCUT2D eigenvalue weighted by Gasteiger charge is 2.12. The van der Waals surface area contributed by atoms with E-state index in [2.05, 4.69) is 19.6 Å². The lowest BCUT2D eigenvalue weighted by atomic mass is 10.4. The van der Waals surface area contributed by atoms with Crippen LogP contribution in [0.15, 0.2) is 0 Å². The SMILES string of the molecule is CN(C=O)CCCO[Si](C)(C)C. The van der Waals surface area contributed by atoms with Gasteiger partial charge in [0.05, 0.1) is 0 Å². The maximum Gasteiger partial charge on any atom is 0.209 e. The molecule has 0 unspecified atom stereocenters. The normalized spacial score (nSPS) is 11.3. The Hall–Kier alpha value is -0.353. The molecule has 0 rings (SSSR count). The molecule has 0 aromatic rings. The van der Waals surface area contributed by atoms with Crippen LogP contribution in [-0.2, 0) is 9.22 Å². The first-order valence-corrected chi connectivity index (χ1v) is 7.66. The number of carbonyl (C=O) groups excluding carboxylic acids is 1. The first-order chi connectivity index (χ1) is 5.45. The predicted octanol–water partition coefficient (Wildman–Crippen LogP) is 1.32. The number of carbonyl (C=O) groups is 1. The Labute approximate surface area is 75.8 Å². The van der Waals surface area contributed by atoms with Crippen LogP contribution in [0, 0.1) is 0 Å². The van der Waals surface area contributed by atoms with Gasteiger partial charge in [-0.2, -0.15) is 0 Å². The van der Waals surface area contributed by atoms with E-state index in [-0.39, 0.29) is 0 Å². The highest BCUT2D eigenvalue weighted by molar-refractivity contribution is 6.69. The minimum atomic E-state index is -1.35. The van der Waals surface area contributed by atoms with E-state index in [9.17, 15) is 4.79 Å². The van der Waals surface area contributed by atoms with E-state index in [0.29, 0.717) is 0 Å². The molecule has 1 amide bonds. The summed E-state index contributed by atoms with van der Waals surface area (Å²) in [6.07, 6.45) is 1.77. The molecule has 0 aliphatic heterocycles. The molecular weight excluding hydrogens is 170 g/mol. The Morgan fingerprint density at radius 2 is 2.00 bits per heavy atom. The summed E-state index contributed by atoms with van der Waals surface area (Å²) in [6.45, 7) is 8.05. The third-order valence-corrected chi connectivity index (χ3v) is 2.44. The van der Waals surface area contributed by atoms with Crippen LogP contribution in [0.2, 0.25) is 19.6 Å². The van der Waals surface area contributed by atoms with Crippen molar-refractivity contribution < 1.29 is 9.22 Å². The van der Waals surface area contributed by atoms with Crippen molar-refractivity contribution in [2.75, 3.05) is 20.2 Å². The summed E-state index contributed by atoms with van der Waals surface area (Å²) >= 11 is 0. The second-order valence-electron chi connectivity index (χ2n) is 3.90. The first-order valence-electron chi connectivity index (χ1n) is 4.25. The van der Waals surface area contributed by atoms with Gasteiger partial charge in [-0.3, -0.25) is 4.79 Å². The molecule has 0 fully saturated rings. The molecule has 72 valence electrons. The van der Waals surface area contributed by atoms with Crippen LogP contribution in [-0.4, -0.2) is 39.8 Å². The molecule has 0 heterocycles. The van der Waals surface area contributed by atoms with Crippen molar-refractivity contribution in [3.8, 4) is 0 Å². The second-order valence-corrected chi connectivity index (χ2v) is 8.41. The smallest absolute Gasteiger partial charge is 0.209 e. The first kappa shape index (κ1) is 11.6. The quantitative estimate of drug-likeness (QED) is 0.358. The van der Waals surface area contributed by atoms with Gasteiger partial charge in [0, 0.05) is 20.2 Å². The lowest BCUT2D eigenvalue weighted by molar-refractivity contribution is -0.117. The summed E-state index contributed by atoms with van der Waals surface area (Å²) < 4.78 is 5.62. The van der Waals surface area contributed by atoms with Crippen LogP contribution in [0.25, 0.3) is 0 Å². The molecule has 0 saturated heterocycles. The summed E-state index contributed by atoms with van der Waals surface area (Å²) in [4.78, 5) is 11.8. The van der Waals surface area contributed by atoms with Crippen LogP contribution >= 0.6 is 0 Å². The monoisotopic (exact) mass is 189 g/mol. The van der Waals surface area contributed by atoms with Crippen LogP contribution in [0.5, 0.6) is 0 Å². The number of hydrogen-bond donors (Lipinski definition) is 0. The summed E-state index contributed by atoms with van der Waals surface area (Å²) in [5.41, 5.74) is 0. The van der Waals surface area contributed by atoms with E-state index in [0.717, 1.165) is 26.0 Å². The number of rotatable bonds is 6. The number of nitrogens with zero attached hydrogens (tertiary/aromatic N) is 1.